The average molecular weight is 401 g/mol. The fraction of sp³-hybridized carbons (Fsp3) is 0.652. The summed E-state index contributed by atoms with van der Waals surface area (Å²) in [7, 11) is 0. The van der Waals surface area contributed by atoms with Crippen molar-refractivity contribution in [3.63, 3.8) is 0 Å². The van der Waals surface area contributed by atoms with E-state index >= 15 is 0 Å². The third-order valence-corrected chi connectivity index (χ3v) is 6.20. The summed E-state index contributed by atoms with van der Waals surface area (Å²) in [6.07, 6.45) is 4.82. The number of carbonyl (C=O) groups excluding carboxylic acids is 2. The van der Waals surface area contributed by atoms with Gasteiger partial charge in [-0.2, -0.15) is 0 Å². The fourth-order valence-corrected chi connectivity index (χ4v) is 4.51. The monoisotopic (exact) mass is 400 g/mol. The number of piperidine rings is 2. The Hall–Kier alpha value is -1.92. The Morgan fingerprint density at radius 1 is 1.10 bits per heavy atom. The Morgan fingerprint density at radius 2 is 1.79 bits per heavy atom. The van der Waals surface area contributed by atoms with Gasteiger partial charge in [0.05, 0.1) is 11.5 Å². The normalized spacial score (nSPS) is 21.8. The van der Waals surface area contributed by atoms with Crippen molar-refractivity contribution in [1.82, 2.24) is 15.1 Å². The molecule has 3 N–H and O–H groups in total. The Morgan fingerprint density at radius 3 is 2.45 bits per heavy atom. The number of hydrogen-bond donors (Lipinski definition) is 2. The van der Waals surface area contributed by atoms with Crippen molar-refractivity contribution in [2.75, 3.05) is 32.7 Å². The molecule has 0 spiro atoms. The average Bonchev–Trinajstić information content (AvgIpc) is 2.73. The zero-order valence-corrected chi connectivity index (χ0v) is 17.9. The van der Waals surface area contributed by atoms with Crippen LogP contribution in [0.25, 0.3) is 0 Å². The van der Waals surface area contributed by atoms with Gasteiger partial charge in [0.2, 0.25) is 11.8 Å². The molecule has 1 aromatic rings. The van der Waals surface area contributed by atoms with Crippen molar-refractivity contribution < 1.29 is 9.59 Å². The minimum absolute atomic E-state index is 0.0327. The number of likely N-dealkylation sites (tertiary alicyclic amines) is 2. The molecule has 0 aromatic heterocycles. The predicted molar refractivity (Wildman–Crippen MR) is 115 cm³/mol. The highest BCUT2D eigenvalue weighted by atomic mass is 16.2. The van der Waals surface area contributed by atoms with E-state index in [0.29, 0.717) is 12.6 Å². The van der Waals surface area contributed by atoms with Crippen LogP contribution in [0, 0.1) is 5.92 Å². The van der Waals surface area contributed by atoms with E-state index in [-0.39, 0.29) is 17.7 Å². The number of nitrogens with one attached hydrogen (secondary N) is 1. The van der Waals surface area contributed by atoms with Crippen LogP contribution in [0.15, 0.2) is 30.3 Å². The van der Waals surface area contributed by atoms with E-state index < -0.39 is 5.54 Å². The molecule has 29 heavy (non-hydrogen) atoms. The molecule has 2 heterocycles. The maximum Gasteiger partial charge on any atom is 0.242 e. The van der Waals surface area contributed by atoms with Crippen molar-refractivity contribution in [3.05, 3.63) is 35.9 Å². The van der Waals surface area contributed by atoms with Gasteiger partial charge in [-0.15, -0.1) is 0 Å². The molecule has 0 unspecified atom stereocenters. The van der Waals surface area contributed by atoms with Crippen molar-refractivity contribution >= 4 is 11.8 Å². The smallest absolute Gasteiger partial charge is 0.242 e. The van der Waals surface area contributed by atoms with Gasteiger partial charge in [0.1, 0.15) is 0 Å². The van der Waals surface area contributed by atoms with Crippen LogP contribution in [-0.2, 0) is 16.0 Å². The lowest BCUT2D eigenvalue weighted by Gasteiger charge is -2.43. The summed E-state index contributed by atoms with van der Waals surface area (Å²) >= 11 is 0. The zero-order chi connectivity index (χ0) is 20.9. The second kappa shape index (κ2) is 9.72. The number of amides is 2. The molecule has 2 aliphatic rings. The van der Waals surface area contributed by atoms with Crippen molar-refractivity contribution in [3.8, 4) is 0 Å². The molecule has 0 radical (unpaired) electrons. The number of hydrogen-bond acceptors (Lipinski definition) is 4. The predicted octanol–water partition coefficient (Wildman–Crippen LogP) is 1.79. The van der Waals surface area contributed by atoms with Gasteiger partial charge in [-0.25, -0.2) is 0 Å². The Balaban J connectivity index is 1.43. The van der Waals surface area contributed by atoms with Crippen LogP contribution in [0.3, 0.4) is 0 Å². The molecule has 160 valence electrons. The van der Waals surface area contributed by atoms with Gasteiger partial charge in [-0.3, -0.25) is 14.5 Å². The number of carbonyl (C=O) groups is 2. The SMILES string of the molecule is CC(C)(N)C(=O)N1CCC(N2CCC[C@@H](C(=O)NCCc3ccccc3)C2)CC1. The molecule has 0 aliphatic carbocycles. The largest absolute Gasteiger partial charge is 0.355 e. The maximum absolute atomic E-state index is 12.7. The van der Waals surface area contributed by atoms with Crippen molar-refractivity contribution in [2.45, 2.75) is 57.5 Å². The molecule has 0 saturated carbocycles. The number of nitrogens with two attached hydrogens (primary N) is 1. The molecule has 2 fully saturated rings. The first-order valence-corrected chi connectivity index (χ1v) is 11.0. The lowest BCUT2D eigenvalue weighted by Crippen LogP contribution is -2.56. The third-order valence-electron chi connectivity index (χ3n) is 6.20. The molecule has 1 atom stereocenters. The Kier molecular flexibility index (Phi) is 7.30. The van der Waals surface area contributed by atoms with E-state index in [9.17, 15) is 9.59 Å². The molecule has 2 amide bonds. The number of nitrogens with zero attached hydrogens (tertiary/aromatic N) is 2. The quantitative estimate of drug-likeness (QED) is 0.763. The van der Waals surface area contributed by atoms with Crippen LogP contribution < -0.4 is 11.1 Å². The molecule has 2 saturated heterocycles. The maximum atomic E-state index is 12.7. The topological polar surface area (TPSA) is 78.7 Å². The van der Waals surface area contributed by atoms with Crippen LogP contribution in [0.1, 0.15) is 45.1 Å². The summed E-state index contributed by atoms with van der Waals surface area (Å²) in [5.74, 6) is 0.288. The van der Waals surface area contributed by atoms with E-state index in [1.54, 1.807) is 13.8 Å². The standard InChI is InChI=1S/C23H36N4O2/c1-23(2,24)22(29)26-15-11-20(12-16-26)27-14-6-9-19(17-27)21(28)25-13-10-18-7-4-3-5-8-18/h3-5,7-8,19-20H,6,9-17,24H2,1-2H3,(H,25,28)/t19-/m1/s1. The summed E-state index contributed by atoms with van der Waals surface area (Å²) in [6.45, 7) is 7.63. The molecular weight excluding hydrogens is 364 g/mol. The molecule has 2 aliphatic heterocycles. The van der Waals surface area contributed by atoms with Gasteiger partial charge in [0, 0.05) is 32.2 Å². The van der Waals surface area contributed by atoms with Crippen LogP contribution >= 0.6 is 0 Å². The number of benzene rings is 1. The van der Waals surface area contributed by atoms with Crippen LogP contribution in [-0.4, -0.2) is 65.9 Å². The fourth-order valence-electron chi connectivity index (χ4n) is 4.51. The lowest BCUT2D eigenvalue weighted by molar-refractivity contribution is -0.137. The molecular formula is C23H36N4O2. The zero-order valence-electron chi connectivity index (χ0n) is 17.9. The summed E-state index contributed by atoms with van der Waals surface area (Å²) in [4.78, 5) is 29.4. The van der Waals surface area contributed by atoms with E-state index in [1.165, 1.54) is 5.56 Å². The number of rotatable bonds is 6. The van der Waals surface area contributed by atoms with Gasteiger partial charge in [0.15, 0.2) is 0 Å². The second-order valence-electron chi connectivity index (χ2n) is 9.11. The highest BCUT2D eigenvalue weighted by molar-refractivity contribution is 5.85. The van der Waals surface area contributed by atoms with Gasteiger partial charge in [0.25, 0.3) is 0 Å². The van der Waals surface area contributed by atoms with E-state index in [1.807, 2.05) is 23.1 Å². The minimum Gasteiger partial charge on any atom is -0.355 e. The summed E-state index contributed by atoms with van der Waals surface area (Å²) in [5.41, 5.74) is 6.42. The van der Waals surface area contributed by atoms with Gasteiger partial charge >= 0.3 is 0 Å². The van der Waals surface area contributed by atoms with Gasteiger partial charge in [-0.05, 0) is 58.1 Å². The molecule has 0 bridgehead atoms. The highest BCUT2D eigenvalue weighted by Crippen LogP contribution is 2.25. The highest BCUT2D eigenvalue weighted by Gasteiger charge is 2.34. The summed E-state index contributed by atoms with van der Waals surface area (Å²) in [5, 5.41) is 3.13. The van der Waals surface area contributed by atoms with E-state index in [0.717, 1.165) is 58.3 Å². The molecule has 6 nitrogen and oxygen atoms in total. The molecule has 6 heteroatoms. The Labute approximate surface area is 174 Å². The van der Waals surface area contributed by atoms with Gasteiger partial charge < -0.3 is 16.0 Å². The summed E-state index contributed by atoms with van der Waals surface area (Å²) < 4.78 is 0. The first-order chi connectivity index (χ1) is 13.8. The first-order valence-electron chi connectivity index (χ1n) is 11.0. The van der Waals surface area contributed by atoms with Crippen LogP contribution in [0.2, 0.25) is 0 Å². The van der Waals surface area contributed by atoms with Crippen molar-refractivity contribution in [2.24, 2.45) is 11.7 Å². The first kappa shape index (κ1) is 21.8. The van der Waals surface area contributed by atoms with Gasteiger partial charge in [-0.1, -0.05) is 30.3 Å². The summed E-state index contributed by atoms with van der Waals surface area (Å²) in [6, 6.07) is 10.7. The van der Waals surface area contributed by atoms with Crippen LogP contribution in [0.5, 0.6) is 0 Å². The minimum atomic E-state index is -0.805. The molecule has 3 rings (SSSR count). The van der Waals surface area contributed by atoms with Crippen molar-refractivity contribution in [1.29, 1.82) is 0 Å². The second-order valence-corrected chi connectivity index (χ2v) is 9.11. The van der Waals surface area contributed by atoms with E-state index in [2.05, 4.69) is 22.3 Å². The molecule has 1 aromatic carbocycles. The Bertz CT molecular complexity index is 678. The van der Waals surface area contributed by atoms with Crippen LogP contribution in [0.4, 0.5) is 0 Å². The lowest BCUT2D eigenvalue weighted by atomic mass is 9.92. The van der Waals surface area contributed by atoms with E-state index in [4.69, 9.17) is 5.73 Å². The third kappa shape index (κ3) is 6.03.